The third-order valence-corrected chi connectivity index (χ3v) is 6.36. The molecule has 2 saturated heterocycles. The van der Waals surface area contributed by atoms with Gasteiger partial charge in [0.25, 0.3) is 0 Å². The first-order chi connectivity index (χ1) is 9.03. The molecule has 5 nitrogen and oxygen atoms in total. The number of rotatable bonds is 2. The number of piperazine rings is 1. The maximum Gasteiger partial charge on any atom is 0.169 e. The van der Waals surface area contributed by atoms with Gasteiger partial charge >= 0.3 is 0 Å². The number of hydrogen-bond donors (Lipinski definition) is 1. The zero-order chi connectivity index (χ0) is 13.5. The van der Waals surface area contributed by atoms with E-state index in [2.05, 4.69) is 15.1 Å². The lowest BCUT2D eigenvalue weighted by atomic mass is 10.2. The summed E-state index contributed by atoms with van der Waals surface area (Å²) in [6, 6.07) is 0.836. The molecule has 0 aromatic carbocycles. The average molecular weight is 303 g/mol. The summed E-state index contributed by atoms with van der Waals surface area (Å²) in [6.07, 6.45) is 3.27. The third kappa shape index (κ3) is 3.38. The Morgan fingerprint density at radius 1 is 1.11 bits per heavy atom. The van der Waals surface area contributed by atoms with Crippen LogP contribution in [-0.4, -0.2) is 73.1 Å². The number of hydrogen-bond acceptors (Lipinski definition) is 4. The molecule has 1 aliphatic carbocycles. The second kappa shape index (κ2) is 5.18. The van der Waals surface area contributed by atoms with Gasteiger partial charge in [0.15, 0.2) is 14.9 Å². The molecular formula is C12H21N3O2S2. The first-order valence-corrected chi connectivity index (χ1v) is 9.26. The zero-order valence-electron chi connectivity index (χ0n) is 11.0. The number of nitrogens with zero attached hydrogens (tertiary/aromatic N) is 2. The number of nitrogens with one attached hydrogen (secondary N) is 1. The Morgan fingerprint density at radius 3 is 2.32 bits per heavy atom. The molecule has 1 saturated carbocycles. The Balaban J connectivity index is 1.47. The van der Waals surface area contributed by atoms with Crippen molar-refractivity contribution in [2.45, 2.75) is 31.3 Å². The SMILES string of the molecule is O=S1(=O)CC[C@@H](N2CCN(C(=S)NC3CC3)CC2)C1. The molecule has 3 aliphatic rings. The predicted octanol–water partition coefficient (Wildman–Crippen LogP) is -0.172. The molecule has 1 atom stereocenters. The molecule has 0 unspecified atom stereocenters. The minimum atomic E-state index is -2.78. The van der Waals surface area contributed by atoms with Gasteiger partial charge in [-0.2, -0.15) is 0 Å². The fourth-order valence-corrected chi connectivity index (χ4v) is 4.96. The Hall–Kier alpha value is -0.400. The van der Waals surface area contributed by atoms with E-state index in [9.17, 15) is 8.42 Å². The quantitative estimate of drug-likeness (QED) is 0.715. The molecule has 19 heavy (non-hydrogen) atoms. The van der Waals surface area contributed by atoms with Crippen molar-refractivity contribution in [2.75, 3.05) is 37.7 Å². The van der Waals surface area contributed by atoms with Crippen LogP contribution in [0.5, 0.6) is 0 Å². The predicted molar refractivity (Wildman–Crippen MR) is 79.0 cm³/mol. The summed E-state index contributed by atoms with van der Waals surface area (Å²) in [6.45, 7) is 3.67. The highest BCUT2D eigenvalue weighted by molar-refractivity contribution is 7.91. The summed E-state index contributed by atoms with van der Waals surface area (Å²) in [7, 11) is -2.78. The van der Waals surface area contributed by atoms with E-state index < -0.39 is 9.84 Å². The van der Waals surface area contributed by atoms with E-state index in [4.69, 9.17) is 12.2 Å². The smallest absolute Gasteiger partial charge is 0.169 e. The van der Waals surface area contributed by atoms with Crippen molar-refractivity contribution in [1.82, 2.24) is 15.1 Å². The standard InChI is InChI=1S/C12H21N3O2S2/c16-19(17)8-3-11(9-19)14-4-6-15(7-5-14)12(18)13-10-1-2-10/h10-11H,1-9H2,(H,13,18)/t11-/m1/s1. The van der Waals surface area contributed by atoms with Gasteiger partial charge in [0, 0.05) is 38.3 Å². The Bertz CT molecular complexity index is 454. The van der Waals surface area contributed by atoms with E-state index in [1.54, 1.807) is 0 Å². The van der Waals surface area contributed by atoms with E-state index in [1.165, 1.54) is 12.8 Å². The van der Waals surface area contributed by atoms with Crippen LogP contribution in [0.3, 0.4) is 0 Å². The normalized spacial score (nSPS) is 31.4. The molecule has 108 valence electrons. The van der Waals surface area contributed by atoms with Crippen molar-refractivity contribution in [1.29, 1.82) is 0 Å². The Labute approximate surface area is 120 Å². The lowest BCUT2D eigenvalue weighted by Gasteiger charge is -2.38. The largest absolute Gasteiger partial charge is 0.360 e. The van der Waals surface area contributed by atoms with Crippen molar-refractivity contribution in [3.05, 3.63) is 0 Å². The molecule has 3 fully saturated rings. The molecule has 2 heterocycles. The fraction of sp³-hybridized carbons (Fsp3) is 0.917. The van der Waals surface area contributed by atoms with E-state index in [0.29, 0.717) is 17.5 Å². The summed E-state index contributed by atoms with van der Waals surface area (Å²) < 4.78 is 23.0. The van der Waals surface area contributed by atoms with Crippen LogP contribution in [0.2, 0.25) is 0 Å². The molecule has 7 heteroatoms. The molecule has 1 N–H and O–H groups in total. The first-order valence-electron chi connectivity index (χ1n) is 7.03. The number of sulfone groups is 1. The summed E-state index contributed by atoms with van der Waals surface area (Å²) in [5.74, 6) is 0.706. The monoisotopic (exact) mass is 303 g/mol. The highest BCUT2D eigenvalue weighted by Crippen LogP contribution is 2.21. The number of thiocarbonyl (C=S) groups is 1. The molecule has 3 rings (SSSR count). The lowest BCUT2D eigenvalue weighted by Crippen LogP contribution is -2.54. The van der Waals surface area contributed by atoms with Crippen LogP contribution in [0.1, 0.15) is 19.3 Å². The maximum absolute atomic E-state index is 11.5. The van der Waals surface area contributed by atoms with Gasteiger partial charge in [-0.1, -0.05) is 0 Å². The topological polar surface area (TPSA) is 52.7 Å². The molecule has 0 amide bonds. The molecule has 0 spiro atoms. The van der Waals surface area contributed by atoms with Gasteiger partial charge in [-0.3, -0.25) is 4.90 Å². The van der Waals surface area contributed by atoms with E-state index in [0.717, 1.165) is 37.7 Å². The molecule has 0 aromatic heterocycles. The van der Waals surface area contributed by atoms with Crippen LogP contribution in [0.15, 0.2) is 0 Å². The molecule has 0 radical (unpaired) electrons. The molecule has 0 aromatic rings. The van der Waals surface area contributed by atoms with Crippen molar-refractivity contribution in [3.63, 3.8) is 0 Å². The van der Waals surface area contributed by atoms with Crippen LogP contribution in [0.25, 0.3) is 0 Å². The van der Waals surface area contributed by atoms with Gasteiger partial charge in [0.2, 0.25) is 0 Å². The van der Waals surface area contributed by atoms with Crippen LogP contribution in [0, 0.1) is 0 Å². The summed E-state index contributed by atoms with van der Waals surface area (Å²) in [4.78, 5) is 4.54. The Morgan fingerprint density at radius 2 is 1.79 bits per heavy atom. The van der Waals surface area contributed by atoms with Gasteiger partial charge in [0.05, 0.1) is 11.5 Å². The van der Waals surface area contributed by atoms with Crippen LogP contribution >= 0.6 is 12.2 Å². The highest BCUT2D eigenvalue weighted by Gasteiger charge is 2.34. The zero-order valence-corrected chi connectivity index (χ0v) is 12.7. The summed E-state index contributed by atoms with van der Waals surface area (Å²) >= 11 is 5.40. The second-order valence-corrected chi connectivity index (χ2v) is 8.42. The molecule has 2 aliphatic heterocycles. The summed E-state index contributed by atoms with van der Waals surface area (Å²) in [5, 5.41) is 4.24. The van der Waals surface area contributed by atoms with Crippen molar-refractivity contribution in [2.24, 2.45) is 0 Å². The van der Waals surface area contributed by atoms with Gasteiger partial charge < -0.3 is 10.2 Å². The van der Waals surface area contributed by atoms with Crippen LogP contribution in [0.4, 0.5) is 0 Å². The first kappa shape index (κ1) is 13.6. The van der Waals surface area contributed by atoms with Gasteiger partial charge in [-0.25, -0.2) is 8.42 Å². The van der Waals surface area contributed by atoms with Gasteiger partial charge in [-0.05, 0) is 31.5 Å². The van der Waals surface area contributed by atoms with Crippen molar-refractivity contribution in [3.8, 4) is 0 Å². The van der Waals surface area contributed by atoms with Crippen molar-refractivity contribution >= 4 is 27.2 Å². The Kier molecular flexibility index (Phi) is 3.70. The van der Waals surface area contributed by atoms with Crippen LogP contribution in [-0.2, 0) is 9.84 Å². The molecule has 0 bridgehead atoms. The fourth-order valence-electron chi connectivity index (χ4n) is 2.85. The van der Waals surface area contributed by atoms with E-state index in [-0.39, 0.29) is 6.04 Å². The van der Waals surface area contributed by atoms with Gasteiger partial charge in [0.1, 0.15) is 0 Å². The molecular weight excluding hydrogens is 282 g/mol. The maximum atomic E-state index is 11.5. The second-order valence-electron chi connectivity index (χ2n) is 5.80. The average Bonchev–Trinajstić information content (AvgIpc) is 3.11. The van der Waals surface area contributed by atoms with Gasteiger partial charge in [-0.15, -0.1) is 0 Å². The minimum Gasteiger partial charge on any atom is -0.360 e. The lowest BCUT2D eigenvalue weighted by molar-refractivity contribution is 0.142. The van der Waals surface area contributed by atoms with E-state index >= 15 is 0 Å². The summed E-state index contributed by atoms with van der Waals surface area (Å²) in [5.41, 5.74) is 0. The van der Waals surface area contributed by atoms with Crippen LogP contribution < -0.4 is 5.32 Å². The highest BCUT2D eigenvalue weighted by atomic mass is 32.2. The minimum absolute atomic E-state index is 0.233. The third-order valence-electron chi connectivity index (χ3n) is 4.23. The van der Waals surface area contributed by atoms with E-state index in [1.807, 2.05) is 0 Å². The van der Waals surface area contributed by atoms with Crippen molar-refractivity contribution < 1.29 is 8.42 Å².